The van der Waals surface area contributed by atoms with Crippen LogP contribution in [0.1, 0.15) is 57.6 Å². The molecule has 1 saturated carbocycles. The molecule has 0 bridgehead atoms. The molecule has 1 unspecified atom stereocenters. The van der Waals surface area contributed by atoms with Crippen molar-refractivity contribution in [2.75, 3.05) is 6.54 Å². The summed E-state index contributed by atoms with van der Waals surface area (Å²) in [5, 5.41) is 3.73. The largest absolute Gasteiger partial charge is 0.310 e. The lowest BCUT2D eigenvalue weighted by Gasteiger charge is -2.34. The normalized spacial score (nSPS) is 25.2. The van der Waals surface area contributed by atoms with E-state index in [0.29, 0.717) is 6.04 Å². The van der Waals surface area contributed by atoms with E-state index in [9.17, 15) is 0 Å². The molecular weight excluding hydrogens is 345 g/mol. The van der Waals surface area contributed by atoms with Gasteiger partial charge in [-0.05, 0) is 71.5 Å². The van der Waals surface area contributed by atoms with E-state index in [1.54, 1.807) is 0 Å². The third-order valence-electron chi connectivity index (χ3n) is 4.57. The molecule has 2 rings (SSSR count). The Morgan fingerprint density at radius 2 is 1.95 bits per heavy atom. The van der Waals surface area contributed by atoms with Crippen LogP contribution in [0.3, 0.4) is 0 Å². The summed E-state index contributed by atoms with van der Waals surface area (Å²) in [4.78, 5) is 0. The molecule has 1 nitrogen and oxygen atoms in total. The van der Waals surface area contributed by atoms with Gasteiger partial charge in [0.2, 0.25) is 0 Å². The van der Waals surface area contributed by atoms with E-state index in [1.807, 2.05) is 0 Å². The molecular formula is C17H26IN. The summed E-state index contributed by atoms with van der Waals surface area (Å²) in [5.41, 5.74) is 1.48. The van der Waals surface area contributed by atoms with E-state index < -0.39 is 0 Å². The van der Waals surface area contributed by atoms with Gasteiger partial charge in [0.05, 0.1) is 0 Å². The Kier molecular flexibility index (Phi) is 6.14. The Labute approximate surface area is 131 Å². The van der Waals surface area contributed by atoms with Crippen LogP contribution in [-0.2, 0) is 0 Å². The lowest BCUT2D eigenvalue weighted by molar-refractivity contribution is 0.220. The maximum absolute atomic E-state index is 3.73. The van der Waals surface area contributed by atoms with Gasteiger partial charge in [0, 0.05) is 9.61 Å². The summed E-state index contributed by atoms with van der Waals surface area (Å²) in [7, 11) is 0. The van der Waals surface area contributed by atoms with Gasteiger partial charge >= 0.3 is 0 Å². The van der Waals surface area contributed by atoms with Crippen LogP contribution in [0.2, 0.25) is 0 Å². The Bertz CT molecular complexity index is 383. The van der Waals surface area contributed by atoms with Crippen molar-refractivity contribution in [3.05, 3.63) is 33.4 Å². The van der Waals surface area contributed by atoms with Crippen LogP contribution in [0.5, 0.6) is 0 Å². The van der Waals surface area contributed by atoms with Crippen LogP contribution in [0, 0.1) is 15.4 Å². The molecule has 19 heavy (non-hydrogen) atoms. The molecule has 0 radical (unpaired) electrons. The zero-order valence-electron chi connectivity index (χ0n) is 12.2. The third kappa shape index (κ3) is 4.19. The molecule has 1 aromatic carbocycles. The molecule has 1 aromatic rings. The summed E-state index contributed by atoms with van der Waals surface area (Å²) >= 11 is 2.42. The standard InChI is InChI=1S/C17H26IN/c1-3-13-8-10-14(11-9-13)17(19-4-2)15-6-5-7-16(18)12-15/h5-7,12-14,17,19H,3-4,8-11H2,1-2H3. The van der Waals surface area contributed by atoms with Gasteiger partial charge < -0.3 is 5.32 Å². The van der Waals surface area contributed by atoms with E-state index in [4.69, 9.17) is 0 Å². The van der Waals surface area contributed by atoms with Gasteiger partial charge in [-0.25, -0.2) is 0 Å². The number of hydrogen-bond acceptors (Lipinski definition) is 1. The second kappa shape index (κ2) is 7.63. The van der Waals surface area contributed by atoms with Gasteiger partial charge in [-0.1, -0.05) is 45.2 Å². The Morgan fingerprint density at radius 1 is 1.21 bits per heavy atom. The molecule has 0 spiro atoms. The Hall–Kier alpha value is -0.0900. The maximum atomic E-state index is 3.73. The van der Waals surface area contributed by atoms with Crippen LogP contribution >= 0.6 is 22.6 Å². The van der Waals surface area contributed by atoms with Crippen molar-refractivity contribution in [1.29, 1.82) is 0 Å². The topological polar surface area (TPSA) is 12.0 Å². The zero-order chi connectivity index (χ0) is 13.7. The van der Waals surface area contributed by atoms with Gasteiger partial charge in [0.1, 0.15) is 0 Å². The number of rotatable bonds is 5. The van der Waals surface area contributed by atoms with Crippen molar-refractivity contribution in [2.24, 2.45) is 11.8 Å². The lowest BCUT2D eigenvalue weighted by atomic mass is 9.76. The molecule has 0 heterocycles. The minimum absolute atomic E-state index is 0.553. The fraction of sp³-hybridized carbons (Fsp3) is 0.647. The van der Waals surface area contributed by atoms with Gasteiger partial charge in [0.15, 0.2) is 0 Å². The highest BCUT2D eigenvalue weighted by atomic mass is 127. The molecule has 1 fully saturated rings. The first kappa shape index (κ1) is 15.3. The van der Waals surface area contributed by atoms with Gasteiger partial charge in [-0.3, -0.25) is 0 Å². The van der Waals surface area contributed by atoms with Gasteiger partial charge in [-0.2, -0.15) is 0 Å². The second-order valence-electron chi connectivity index (χ2n) is 5.78. The SMILES string of the molecule is CCNC(c1cccc(I)c1)C1CCC(CC)CC1. The summed E-state index contributed by atoms with van der Waals surface area (Å²) in [6.45, 7) is 5.62. The fourth-order valence-electron chi connectivity index (χ4n) is 3.41. The molecule has 106 valence electrons. The van der Waals surface area contributed by atoms with E-state index in [-0.39, 0.29) is 0 Å². The molecule has 0 aromatic heterocycles. The van der Waals surface area contributed by atoms with E-state index in [1.165, 1.54) is 41.2 Å². The Balaban J connectivity index is 2.08. The van der Waals surface area contributed by atoms with Gasteiger partial charge in [0.25, 0.3) is 0 Å². The van der Waals surface area contributed by atoms with Crippen molar-refractivity contribution in [3.8, 4) is 0 Å². The molecule has 0 saturated heterocycles. The van der Waals surface area contributed by atoms with Crippen LogP contribution in [-0.4, -0.2) is 6.54 Å². The average molecular weight is 371 g/mol. The zero-order valence-corrected chi connectivity index (χ0v) is 14.3. The summed E-state index contributed by atoms with van der Waals surface area (Å²) < 4.78 is 1.35. The molecule has 1 aliphatic carbocycles. The van der Waals surface area contributed by atoms with Crippen molar-refractivity contribution in [3.63, 3.8) is 0 Å². The molecule has 0 aliphatic heterocycles. The molecule has 2 heteroatoms. The first-order chi connectivity index (χ1) is 9.24. The first-order valence-electron chi connectivity index (χ1n) is 7.73. The lowest BCUT2D eigenvalue weighted by Crippen LogP contribution is -2.31. The summed E-state index contributed by atoms with van der Waals surface area (Å²) in [5.74, 6) is 1.80. The molecule has 1 aliphatic rings. The van der Waals surface area contributed by atoms with Crippen molar-refractivity contribution in [2.45, 2.75) is 52.0 Å². The van der Waals surface area contributed by atoms with E-state index in [0.717, 1.165) is 18.4 Å². The van der Waals surface area contributed by atoms with Crippen LogP contribution < -0.4 is 5.32 Å². The predicted molar refractivity (Wildman–Crippen MR) is 91.3 cm³/mol. The summed E-state index contributed by atoms with van der Waals surface area (Å²) in [6.07, 6.45) is 6.99. The van der Waals surface area contributed by atoms with Crippen molar-refractivity contribution in [1.82, 2.24) is 5.32 Å². The molecule has 1 atom stereocenters. The predicted octanol–water partition coefficient (Wildman–Crippen LogP) is 5.16. The van der Waals surface area contributed by atoms with Crippen molar-refractivity contribution < 1.29 is 0 Å². The smallest absolute Gasteiger partial charge is 0.0348 e. The molecule has 1 N–H and O–H groups in total. The van der Waals surface area contributed by atoms with Crippen LogP contribution in [0.25, 0.3) is 0 Å². The number of hydrogen-bond donors (Lipinski definition) is 1. The van der Waals surface area contributed by atoms with E-state index in [2.05, 4.69) is 66.0 Å². The quantitative estimate of drug-likeness (QED) is 0.705. The van der Waals surface area contributed by atoms with Crippen LogP contribution in [0.4, 0.5) is 0 Å². The number of halogens is 1. The second-order valence-corrected chi connectivity index (χ2v) is 7.03. The van der Waals surface area contributed by atoms with Crippen LogP contribution in [0.15, 0.2) is 24.3 Å². The summed E-state index contributed by atoms with van der Waals surface area (Å²) in [6, 6.07) is 9.57. The monoisotopic (exact) mass is 371 g/mol. The minimum atomic E-state index is 0.553. The number of benzene rings is 1. The fourth-order valence-corrected chi connectivity index (χ4v) is 3.97. The highest BCUT2D eigenvalue weighted by molar-refractivity contribution is 14.1. The minimum Gasteiger partial charge on any atom is -0.310 e. The van der Waals surface area contributed by atoms with E-state index >= 15 is 0 Å². The Morgan fingerprint density at radius 3 is 2.53 bits per heavy atom. The van der Waals surface area contributed by atoms with Gasteiger partial charge in [-0.15, -0.1) is 0 Å². The third-order valence-corrected chi connectivity index (χ3v) is 5.24. The molecule has 0 amide bonds. The number of nitrogens with one attached hydrogen (secondary N) is 1. The average Bonchev–Trinajstić information content (AvgIpc) is 2.45. The highest BCUT2D eigenvalue weighted by Crippen LogP contribution is 2.38. The highest BCUT2D eigenvalue weighted by Gasteiger charge is 2.27. The maximum Gasteiger partial charge on any atom is 0.0348 e. The van der Waals surface area contributed by atoms with Crippen molar-refractivity contribution >= 4 is 22.6 Å². The first-order valence-corrected chi connectivity index (χ1v) is 8.81.